The summed E-state index contributed by atoms with van der Waals surface area (Å²) in [4.78, 5) is 41.5. The lowest BCUT2D eigenvalue weighted by molar-refractivity contribution is -0.175. The molecule has 0 saturated heterocycles. The number of nitrogens with one attached hydrogen (secondary N) is 1. The number of aromatic amines is 1. The molecule has 3 aromatic carbocycles. The fraction of sp³-hybridized carbons (Fsp3) is 0.200. The summed E-state index contributed by atoms with van der Waals surface area (Å²) in [5, 5.41) is 6.58. The zero-order chi connectivity index (χ0) is 28.4. The third kappa shape index (κ3) is 5.24. The van der Waals surface area contributed by atoms with Crippen molar-refractivity contribution in [2.24, 2.45) is 5.10 Å². The van der Waals surface area contributed by atoms with Gasteiger partial charge < -0.3 is 9.72 Å². The number of amides is 1. The molecule has 2 heterocycles. The van der Waals surface area contributed by atoms with Crippen LogP contribution in [0, 0.1) is 0 Å². The van der Waals surface area contributed by atoms with Gasteiger partial charge in [0, 0.05) is 27.9 Å². The van der Waals surface area contributed by atoms with Crippen molar-refractivity contribution in [3.8, 4) is 11.1 Å². The maximum atomic E-state index is 14.6. The SMILES string of the molecule is CCOC(=O)C(F)(F)CC(=O)N1N=C(c2c(-c3ccccc3)c3ccccc3[nH]c2=O)CC1c1ccc(Cl)cc1. The van der Waals surface area contributed by atoms with Crippen LogP contribution in [0.2, 0.25) is 5.02 Å². The second kappa shape index (κ2) is 11.0. The van der Waals surface area contributed by atoms with Crippen molar-refractivity contribution in [2.45, 2.75) is 31.7 Å². The van der Waals surface area contributed by atoms with Gasteiger partial charge in [0.25, 0.3) is 5.56 Å². The molecule has 1 aromatic heterocycles. The highest BCUT2D eigenvalue weighted by molar-refractivity contribution is 6.30. The Labute approximate surface area is 233 Å². The van der Waals surface area contributed by atoms with E-state index in [1.165, 1.54) is 6.92 Å². The van der Waals surface area contributed by atoms with Gasteiger partial charge in [0.15, 0.2) is 0 Å². The normalized spacial score (nSPS) is 15.2. The van der Waals surface area contributed by atoms with E-state index in [0.717, 1.165) is 16.0 Å². The largest absolute Gasteiger partial charge is 0.462 e. The third-order valence-corrected chi connectivity index (χ3v) is 6.89. The van der Waals surface area contributed by atoms with Gasteiger partial charge in [-0.1, -0.05) is 72.3 Å². The molecule has 1 amide bonds. The van der Waals surface area contributed by atoms with Crippen LogP contribution >= 0.6 is 11.6 Å². The number of alkyl halides is 2. The van der Waals surface area contributed by atoms with Crippen molar-refractivity contribution in [1.82, 2.24) is 9.99 Å². The van der Waals surface area contributed by atoms with Crippen molar-refractivity contribution in [2.75, 3.05) is 6.61 Å². The molecular weight excluding hydrogens is 540 g/mol. The second-order valence-corrected chi connectivity index (χ2v) is 9.71. The first-order chi connectivity index (χ1) is 19.2. The van der Waals surface area contributed by atoms with Crippen LogP contribution in [0.1, 0.15) is 36.9 Å². The summed E-state index contributed by atoms with van der Waals surface area (Å²) >= 11 is 6.05. The summed E-state index contributed by atoms with van der Waals surface area (Å²) in [7, 11) is 0. The monoisotopic (exact) mass is 563 g/mol. The van der Waals surface area contributed by atoms with Gasteiger partial charge in [-0.3, -0.25) is 9.59 Å². The number of para-hydroxylation sites is 1. The molecule has 40 heavy (non-hydrogen) atoms. The third-order valence-electron chi connectivity index (χ3n) is 6.64. The van der Waals surface area contributed by atoms with Crippen molar-refractivity contribution in [3.05, 3.63) is 105 Å². The average molecular weight is 564 g/mol. The van der Waals surface area contributed by atoms with Crippen molar-refractivity contribution in [3.63, 3.8) is 0 Å². The Morgan fingerprint density at radius 3 is 2.40 bits per heavy atom. The van der Waals surface area contributed by atoms with E-state index in [4.69, 9.17) is 11.6 Å². The Morgan fingerprint density at radius 1 is 1.02 bits per heavy atom. The van der Waals surface area contributed by atoms with Gasteiger partial charge in [-0.05, 0) is 36.2 Å². The summed E-state index contributed by atoms with van der Waals surface area (Å²) in [5.74, 6) is -6.93. The molecule has 1 N–H and O–H groups in total. The number of pyridine rings is 1. The van der Waals surface area contributed by atoms with E-state index in [1.807, 2.05) is 42.5 Å². The zero-order valence-electron chi connectivity index (χ0n) is 21.4. The maximum absolute atomic E-state index is 14.6. The van der Waals surface area contributed by atoms with Crippen LogP contribution < -0.4 is 5.56 Å². The molecule has 4 aromatic rings. The molecule has 0 bridgehead atoms. The van der Waals surface area contributed by atoms with Crippen molar-refractivity contribution < 1.29 is 23.1 Å². The first-order valence-electron chi connectivity index (χ1n) is 12.6. The smallest absolute Gasteiger partial charge is 0.377 e. The highest BCUT2D eigenvalue weighted by atomic mass is 35.5. The molecule has 0 fully saturated rings. The summed E-state index contributed by atoms with van der Waals surface area (Å²) in [6.07, 6.45) is -1.37. The molecule has 0 aliphatic carbocycles. The van der Waals surface area contributed by atoms with Gasteiger partial charge >= 0.3 is 11.9 Å². The number of hydrazone groups is 1. The predicted molar refractivity (Wildman–Crippen MR) is 148 cm³/mol. The Morgan fingerprint density at radius 2 is 1.70 bits per heavy atom. The topological polar surface area (TPSA) is 91.8 Å². The van der Waals surface area contributed by atoms with Gasteiger partial charge in [0.2, 0.25) is 5.91 Å². The Bertz CT molecular complexity index is 1670. The lowest BCUT2D eigenvalue weighted by Crippen LogP contribution is -2.38. The van der Waals surface area contributed by atoms with Crippen molar-refractivity contribution >= 4 is 40.1 Å². The molecule has 1 atom stereocenters. The number of aromatic nitrogens is 1. The highest BCUT2D eigenvalue weighted by Crippen LogP contribution is 2.38. The highest BCUT2D eigenvalue weighted by Gasteiger charge is 2.46. The molecule has 204 valence electrons. The van der Waals surface area contributed by atoms with E-state index in [1.54, 1.807) is 36.4 Å². The van der Waals surface area contributed by atoms with Crippen LogP contribution in [0.5, 0.6) is 0 Å². The van der Waals surface area contributed by atoms with Crippen LogP contribution in [-0.4, -0.2) is 40.1 Å². The molecule has 10 heteroatoms. The van der Waals surface area contributed by atoms with Crippen molar-refractivity contribution in [1.29, 1.82) is 0 Å². The van der Waals surface area contributed by atoms with Crippen LogP contribution in [0.4, 0.5) is 8.78 Å². The quantitative estimate of drug-likeness (QED) is 0.274. The number of carbonyl (C=O) groups is 2. The summed E-state index contributed by atoms with van der Waals surface area (Å²) in [6, 6.07) is 22.3. The first kappa shape index (κ1) is 27.2. The predicted octanol–water partition coefficient (Wildman–Crippen LogP) is 6.11. The van der Waals surface area contributed by atoms with E-state index < -0.39 is 35.8 Å². The minimum atomic E-state index is -4.05. The molecule has 1 aliphatic heterocycles. The van der Waals surface area contributed by atoms with Crippen LogP contribution in [0.15, 0.2) is 88.8 Å². The van der Waals surface area contributed by atoms with E-state index in [2.05, 4.69) is 14.8 Å². The van der Waals surface area contributed by atoms with Gasteiger partial charge in [-0.25, -0.2) is 9.80 Å². The number of ether oxygens (including phenoxy) is 1. The summed E-state index contributed by atoms with van der Waals surface area (Å²) < 4.78 is 33.6. The molecule has 7 nitrogen and oxygen atoms in total. The van der Waals surface area contributed by atoms with E-state index in [9.17, 15) is 23.2 Å². The fourth-order valence-corrected chi connectivity index (χ4v) is 4.96. The number of hydrogen-bond donors (Lipinski definition) is 1. The van der Waals surface area contributed by atoms with E-state index in [-0.39, 0.29) is 24.3 Å². The lowest BCUT2D eigenvalue weighted by Gasteiger charge is -2.24. The molecular formula is C30H24ClF2N3O4. The summed E-state index contributed by atoms with van der Waals surface area (Å²) in [5.41, 5.74) is 2.61. The number of rotatable bonds is 7. The first-order valence-corrected chi connectivity index (χ1v) is 13.0. The van der Waals surface area contributed by atoms with Crippen LogP contribution in [0.25, 0.3) is 22.0 Å². The van der Waals surface area contributed by atoms with Gasteiger partial charge in [-0.2, -0.15) is 13.9 Å². The number of nitrogens with zero attached hydrogens (tertiary/aromatic N) is 2. The van der Waals surface area contributed by atoms with E-state index >= 15 is 0 Å². The number of fused-ring (bicyclic) bond motifs is 1. The second-order valence-electron chi connectivity index (χ2n) is 9.27. The number of carbonyl (C=O) groups excluding carboxylic acids is 2. The molecule has 5 rings (SSSR count). The lowest BCUT2D eigenvalue weighted by atomic mass is 9.91. The van der Waals surface area contributed by atoms with Gasteiger partial charge in [0.1, 0.15) is 6.42 Å². The Balaban J connectivity index is 1.65. The average Bonchev–Trinajstić information content (AvgIpc) is 3.38. The zero-order valence-corrected chi connectivity index (χ0v) is 22.1. The number of benzene rings is 3. The fourth-order valence-electron chi connectivity index (χ4n) is 4.84. The standard InChI is InChI=1S/C30H24ClF2N3O4/c1-2-40-29(39)30(32,33)17-25(37)36-24(18-12-14-20(31)15-13-18)16-23(35-36)27-26(19-8-4-3-5-9-19)21-10-6-7-11-22(21)34-28(27)38/h3-15,24H,2,16-17H2,1H3,(H,34,38). The Kier molecular flexibility index (Phi) is 7.49. The van der Waals surface area contributed by atoms with Gasteiger partial charge in [-0.15, -0.1) is 0 Å². The number of hydrogen-bond acceptors (Lipinski definition) is 5. The minimum Gasteiger partial charge on any atom is -0.462 e. The number of halogens is 3. The molecule has 1 aliphatic rings. The van der Waals surface area contributed by atoms with E-state index in [0.29, 0.717) is 21.7 Å². The summed E-state index contributed by atoms with van der Waals surface area (Å²) in [6.45, 7) is 1.14. The van der Waals surface area contributed by atoms with Gasteiger partial charge in [0.05, 0.1) is 23.9 Å². The molecule has 1 unspecified atom stereocenters. The number of H-pyrrole nitrogens is 1. The Hall–Kier alpha value is -4.37. The molecule has 0 saturated carbocycles. The van der Waals surface area contributed by atoms with Crippen LogP contribution in [-0.2, 0) is 14.3 Å². The molecule has 0 radical (unpaired) electrons. The molecule has 0 spiro atoms. The number of esters is 1. The van der Waals surface area contributed by atoms with Crippen LogP contribution in [0.3, 0.4) is 0 Å². The minimum absolute atomic E-state index is 0.0691. The maximum Gasteiger partial charge on any atom is 0.377 e.